The molecule has 1 N–H and O–H groups in total. The van der Waals surface area contributed by atoms with Gasteiger partial charge in [0, 0.05) is 38.9 Å². The lowest BCUT2D eigenvalue weighted by Crippen LogP contribution is -2.40. The van der Waals surface area contributed by atoms with Crippen LogP contribution in [0.3, 0.4) is 0 Å². The van der Waals surface area contributed by atoms with Gasteiger partial charge in [0.15, 0.2) is 0 Å². The van der Waals surface area contributed by atoms with E-state index in [1.807, 2.05) is 10.9 Å². The number of hydrogen-bond acceptors (Lipinski definition) is 5. The van der Waals surface area contributed by atoms with Gasteiger partial charge in [-0.15, -0.1) is 5.10 Å². The molecule has 6 heteroatoms. The minimum atomic E-state index is 0.874. The van der Waals surface area contributed by atoms with E-state index in [2.05, 4.69) is 20.5 Å². The summed E-state index contributed by atoms with van der Waals surface area (Å²) in [5.41, 5.74) is 0. The third-order valence-electron chi connectivity index (χ3n) is 2.70. The summed E-state index contributed by atoms with van der Waals surface area (Å²) < 4.78 is 7.13. The molecule has 1 fully saturated rings. The number of aromatic nitrogens is 3. The molecule has 0 spiro atoms. The quantitative estimate of drug-likeness (QED) is 0.642. The number of nitrogens with one attached hydrogen (secondary N) is 1. The highest BCUT2D eigenvalue weighted by atomic mass is 16.5. The van der Waals surface area contributed by atoms with Crippen molar-refractivity contribution in [3.8, 4) is 0 Å². The summed E-state index contributed by atoms with van der Waals surface area (Å²) in [7, 11) is 0. The third kappa shape index (κ3) is 3.88. The Kier molecular flexibility index (Phi) is 4.72. The molecule has 90 valence electrons. The van der Waals surface area contributed by atoms with Crippen molar-refractivity contribution in [1.29, 1.82) is 0 Å². The molecule has 1 saturated heterocycles. The van der Waals surface area contributed by atoms with Crippen LogP contribution in [0.4, 0.5) is 0 Å². The van der Waals surface area contributed by atoms with Gasteiger partial charge in [-0.3, -0.25) is 9.58 Å². The van der Waals surface area contributed by atoms with E-state index in [4.69, 9.17) is 4.74 Å². The van der Waals surface area contributed by atoms with E-state index < -0.39 is 0 Å². The van der Waals surface area contributed by atoms with Crippen LogP contribution in [0.2, 0.25) is 0 Å². The molecule has 0 unspecified atom stereocenters. The molecule has 1 aliphatic heterocycles. The minimum absolute atomic E-state index is 0.874. The SMILES string of the molecule is c1cn(CCNCCN2CCOCC2)nn1. The largest absolute Gasteiger partial charge is 0.379 e. The zero-order valence-corrected chi connectivity index (χ0v) is 9.51. The molecule has 0 saturated carbocycles. The molecule has 2 heterocycles. The molecule has 1 aromatic rings. The normalized spacial score (nSPS) is 17.8. The van der Waals surface area contributed by atoms with Crippen LogP contribution in [-0.4, -0.2) is 65.8 Å². The molecule has 1 aromatic heterocycles. The second-order valence-electron chi connectivity index (χ2n) is 3.87. The lowest BCUT2D eigenvalue weighted by Gasteiger charge is -2.26. The molecule has 0 bridgehead atoms. The van der Waals surface area contributed by atoms with Crippen LogP contribution in [0.15, 0.2) is 12.4 Å². The van der Waals surface area contributed by atoms with Crippen molar-refractivity contribution in [2.45, 2.75) is 6.54 Å². The first-order chi connectivity index (χ1) is 7.95. The van der Waals surface area contributed by atoms with Crippen molar-refractivity contribution in [3.63, 3.8) is 0 Å². The molecule has 1 aliphatic rings. The standard InChI is InChI=1S/C10H19N5O/c1(4-14-7-9-16-10-8-14)11-2-5-15-6-3-12-13-15/h3,6,11H,1-2,4-5,7-10H2. The lowest BCUT2D eigenvalue weighted by atomic mass is 10.4. The van der Waals surface area contributed by atoms with Crippen molar-refractivity contribution >= 4 is 0 Å². The first-order valence-corrected chi connectivity index (χ1v) is 5.80. The van der Waals surface area contributed by atoms with Crippen LogP contribution in [-0.2, 0) is 11.3 Å². The van der Waals surface area contributed by atoms with E-state index >= 15 is 0 Å². The van der Waals surface area contributed by atoms with Gasteiger partial charge in [0.1, 0.15) is 0 Å². The number of nitrogens with zero attached hydrogens (tertiary/aromatic N) is 4. The predicted molar refractivity (Wildman–Crippen MR) is 60.2 cm³/mol. The third-order valence-corrected chi connectivity index (χ3v) is 2.70. The molecule has 0 aromatic carbocycles. The van der Waals surface area contributed by atoms with Gasteiger partial charge in [-0.2, -0.15) is 0 Å². The average molecular weight is 225 g/mol. The van der Waals surface area contributed by atoms with Crippen molar-refractivity contribution in [3.05, 3.63) is 12.4 Å². The summed E-state index contributed by atoms with van der Waals surface area (Å²) in [5.74, 6) is 0. The van der Waals surface area contributed by atoms with Crippen LogP contribution in [0.1, 0.15) is 0 Å². The first kappa shape index (κ1) is 11.5. The molecular formula is C10H19N5O. The van der Waals surface area contributed by atoms with Gasteiger partial charge >= 0.3 is 0 Å². The molecule has 0 amide bonds. The highest BCUT2D eigenvalue weighted by Crippen LogP contribution is 1.94. The lowest BCUT2D eigenvalue weighted by molar-refractivity contribution is 0.0384. The number of rotatable bonds is 6. The van der Waals surface area contributed by atoms with Crippen LogP contribution in [0.5, 0.6) is 0 Å². The van der Waals surface area contributed by atoms with Crippen molar-refractivity contribution in [2.75, 3.05) is 45.9 Å². The molecule has 0 radical (unpaired) electrons. The van der Waals surface area contributed by atoms with Crippen LogP contribution >= 0.6 is 0 Å². The summed E-state index contributed by atoms with van der Waals surface area (Å²) in [6.07, 6.45) is 3.58. The Morgan fingerprint density at radius 3 is 2.75 bits per heavy atom. The molecule has 2 rings (SSSR count). The zero-order chi connectivity index (χ0) is 11.1. The fraction of sp³-hybridized carbons (Fsp3) is 0.800. The highest BCUT2D eigenvalue weighted by Gasteiger charge is 2.08. The van der Waals surface area contributed by atoms with E-state index in [1.165, 1.54) is 0 Å². The summed E-state index contributed by atoms with van der Waals surface area (Å²) in [5, 5.41) is 11.1. The monoisotopic (exact) mass is 225 g/mol. The van der Waals surface area contributed by atoms with Gasteiger partial charge in [0.25, 0.3) is 0 Å². The average Bonchev–Trinajstić information content (AvgIpc) is 2.83. The maximum absolute atomic E-state index is 5.30. The molecule has 16 heavy (non-hydrogen) atoms. The smallest absolute Gasteiger partial charge is 0.0692 e. The molecular weight excluding hydrogens is 206 g/mol. The van der Waals surface area contributed by atoms with Crippen molar-refractivity contribution < 1.29 is 4.74 Å². The van der Waals surface area contributed by atoms with Gasteiger partial charge in [-0.05, 0) is 0 Å². The van der Waals surface area contributed by atoms with Gasteiger partial charge in [-0.1, -0.05) is 5.21 Å². The highest BCUT2D eigenvalue weighted by molar-refractivity contribution is 4.65. The minimum Gasteiger partial charge on any atom is -0.379 e. The summed E-state index contributed by atoms with van der Waals surface area (Å²) in [4.78, 5) is 2.42. The van der Waals surface area contributed by atoms with Crippen LogP contribution in [0, 0.1) is 0 Å². The van der Waals surface area contributed by atoms with Crippen molar-refractivity contribution in [2.24, 2.45) is 0 Å². The molecule has 6 nitrogen and oxygen atoms in total. The Morgan fingerprint density at radius 1 is 1.19 bits per heavy atom. The number of ether oxygens (including phenoxy) is 1. The maximum atomic E-state index is 5.30. The Labute approximate surface area is 95.6 Å². The van der Waals surface area contributed by atoms with E-state index in [9.17, 15) is 0 Å². The van der Waals surface area contributed by atoms with Gasteiger partial charge in [0.05, 0.1) is 26.0 Å². The van der Waals surface area contributed by atoms with Gasteiger partial charge < -0.3 is 10.1 Å². The van der Waals surface area contributed by atoms with E-state index in [0.29, 0.717) is 0 Å². The predicted octanol–water partition coefficient (Wildman–Crippen LogP) is -0.800. The van der Waals surface area contributed by atoms with Crippen molar-refractivity contribution in [1.82, 2.24) is 25.2 Å². The van der Waals surface area contributed by atoms with Crippen LogP contribution in [0.25, 0.3) is 0 Å². The maximum Gasteiger partial charge on any atom is 0.0692 e. The summed E-state index contributed by atoms with van der Waals surface area (Å²) >= 11 is 0. The van der Waals surface area contributed by atoms with Crippen LogP contribution < -0.4 is 5.32 Å². The Hall–Kier alpha value is -0.980. The van der Waals surface area contributed by atoms with Gasteiger partial charge in [-0.25, -0.2) is 0 Å². The topological polar surface area (TPSA) is 55.2 Å². The number of hydrogen-bond donors (Lipinski definition) is 1. The summed E-state index contributed by atoms with van der Waals surface area (Å²) in [6, 6.07) is 0. The second kappa shape index (κ2) is 6.57. The molecule has 0 atom stereocenters. The summed E-state index contributed by atoms with van der Waals surface area (Å²) in [6.45, 7) is 7.81. The second-order valence-corrected chi connectivity index (χ2v) is 3.87. The van der Waals surface area contributed by atoms with E-state index in [1.54, 1.807) is 6.20 Å². The fourth-order valence-corrected chi connectivity index (χ4v) is 1.73. The van der Waals surface area contributed by atoms with E-state index in [-0.39, 0.29) is 0 Å². The molecule has 0 aliphatic carbocycles. The fourth-order valence-electron chi connectivity index (χ4n) is 1.73. The zero-order valence-electron chi connectivity index (χ0n) is 9.51. The Bertz CT molecular complexity index is 271. The number of morpholine rings is 1. The first-order valence-electron chi connectivity index (χ1n) is 5.80. The van der Waals surface area contributed by atoms with Gasteiger partial charge in [0.2, 0.25) is 0 Å². The van der Waals surface area contributed by atoms with E-state index in [0.717, 1.165) is 52.5 Å². The Balaban J connectivity index is 1.48. The Morgan fingerprint density at radius 2 is 2.00 bits per heavy atom.